The van der Waals surface area contributed by atoms with Gasteiger partial charge in [0, 0.05) is 16.7 Å². The van der Waals surface area contributed by atoms with E-state index in [0.29, 0.717) is 5.82 Å². The lowest BCUT2D eigenvalue weighted by Gasteiger charge is -2.18. The topological polar surface area (TPSA) is 58.9 Å². The second-order valence-electron chi connectivity index (χ2n) is 6.60. The summed E-state index contributed by atoms with van der Waals surface area (Å²) in [4.78, 5) is 13.6. The quantitative estimate of drug-likeness (QED) is 0.696. The largest absolute Gasteiger partial charge is 0.439 e. The maximum Gasteiger partial charge on any atom is 0.439 e. The number of nitrogens with one attached hydrogen (secondary N) is 1. The van der Waals surface area contributed by atoms with Gasteiger partial charge >= 0.3 is 5.76 Å². The number of aromatic nitrogens is 2. The molecular weight excluding hydrogens is 300 g/mol. The fraction of sp³-hybridized carbons (Fsp3) is 0.200. The Morgan fingerprint density at radius 2 is 1.71 bits per heavy atom. The first kappa shape index (κ1) is 15.8. The van der Waals surface area contributed by atoms with Gasteiger partial charge in [0.15, 0.2) is 5.82 Å². The van der Waals surface area contributed by atoms with Crippen molar-refractivity contribution in [2.45, 2.75) is 26.2 Å². The van der Waals surface area contributed by atoms with E-state index in [1.165, 1.54) is 5.56 Å². The molecule has 0 bridgehead atoms. The van der Waals surface area contributed by atoms with Crippen molar-refractivity contribution in [3.8, 4) is 23.2 Å². The maximum absolute atomic E-state index is 11.0. The molecule has 0 amide bonds. The second kappa shape index (κ2) is 6.21. The third kappa shape index (κ3) is 3.64. The van der Waals surface area contributed by atoms with E-state index < -0.39 is 5.76 Å². The van der Waals surface area contributed by atoms with Gasteiger partial charge in [0.25, 0.3) is 0 Å². The molecule has 0 aliphatic heterocycles. The predicted octanol–water partition coefficient (Wildman–Crippen LogP) is 3.73. The fourth-order valence-electron chi connectivity index (χ4n) is 2.30. The molecule has 0 atom stereocenters. The van der Waals surface area contributed by atoms with Crippen LogP contribution in [-0.2, 0) is 5.41 Å². The minimum absolute atomic E-state index is 0.134. The van der Waals surface area contributed by atoms with Gasteiger partial charge in [-0.1, -0.05) is 62.0 Å². The molecule has 4 nitrogen and oxygen atoms in total. The normalized spacial score (nSPS) is 11.0. The molecule has 0 radical (unpaired) electrons. The molecule has 1 N–H and O–H groups in total. The van der Waals surface area contributed by atoms with E-state index in [1.54, 1.807) is 0 Å². The first-order chi connectivity index (χ1) is 11.4. The second-order valence-corrected chi connectivity index (χ2v) is 6.60. The number of hydrogen-bond acceptors (Lipinski definition) is 3. The van der Waals surface area contributed by atoms with Gasteiger partial charge in [-0.15, -0.1) is 0 Å². The van der Waals surface area contributed by atoms with Crippen LogP contribution >= 0.6 is 0 Å². The van der Waals surface area contributed by atoms with Crippen LogP contribution in [0.5, 0.6) is 0 Å². The maximum atomic E-state index is 11.0. The summed E-state index contributed by atoms with van der Waals surface area (Å²) in [5.41, 5.74) is 3.98. The zero-order valence-electron chi connectivity index (χ0n) is 13.9. The number of aromatic amines is 1. The van der Waals surface area contributed by atoms with Crippen LogP contribution < -0.4 is 5.76 Å². The zero-order valence-corrected chi connectivity index (χ0v) is 13.9. The lowest BCUT2D eigenvalue weighted by Crippen LogP contribution is -2.10. The predicted molar refractivity (Wildman–Crippen MR) is 93.7 cm³/mol. The van der Waals surface area contributed by atoms with Crippen molar-refractivity contribution in [2.75, 3.05) is 0 Å². The van der Waals surface area contributed by atoms with Gasteiger partial charge in [0.05, 0.1) is 0 Å². The van der Waals surface area contributed by atoms with E-state index in [2.05, 4.69) is 59.4 Å². The van der Waals surface area contributed by atoms with Crippen LogP contribution in [0.3, 0.4) is 0 Å². The van der Waals surface area contributed by atoms with Crippen LogP contribution in [0.4, 0.5) is 0 Å². The molecule has 120 valence electrons. The summed E-state index contributed by atoms with van der Waals surface area (Å²) in [6.45, 7) is 6.56. The highest BCUT2D eigenvalue weighted by Crippen LogP contribution is 2.22. The van der Waals surface area contributed by atoms with Crippen molar-refractivity contribution in [3.63, 3.8) is 0 Å². The summed E-state index contributed by atoms with van der Waals surface area (Å²) >= 11 is 0. The number of nitrogens with zero attached hydrogens (tertiary/aromatic N) is 1. The molecule has 0 aliphatic rings. The summed E-state index contributed by atoms with van der Waals surface area (Å²) in [6.07, 6.45) is 0. The molecule has 0 saturated heterocycles. The van der Waals surface area contributed by atoms with Crippen LogP contribution in [0.15, 0.2) is 57.8 Å². The SMILES string of the molecule is CC(C)(C)c1ccc(C#Cc2cccc(-c3noc(=O)[nH]3)c2)cc1. The molecule has 0 saturated carbocycles. The van der Waals surface area contributed by atoms with E-state index >= 15 is 0 Å². The minimum atomic E-state index is -0.569. The third-order valence-corrected chi connectivity index (χ3v) is 3.68. The first-order valence-corrected chi connectivity index (χ1v) is 7.71. The van der Waals surface area contributed by atoms with Crippen molar-refractivity contribution in [3.05, 3.63) is 75.8 Å². The molecule has 2 aromatic carbocycles. The molecule has 0 spiro atoms. The van der Waals surface area contributed by atoms with Crippen LogP contribution in [-0.4, -0.2) is 10.1 Å². The van der Waals surface area contributed by atoms with Crippen molar-refractivity contribution >= 4 is 0 Å². The van der Waals surface area contributed by atoms with Crippen molar-refractivity contribution < 1.29 is 4.52 Å². The summed E-state index contributed by atoms with van der Waals surface area (Å²) in [6, 6.07) is 15.8. The highest BCUT2D eigenvalue weighted by molar-refractivity contribution is 5.58. The lowest BCUT2D eigenvalue weighted by molar-refractivity contribution is 0.388. The Hall–Kier alpha value is -3.06. The molecule has 0 unspecified atom stereocenters. The molecule has 24 heavy (non-hydrogen) atoms. The van der Waals surface area contributed by atoms with Gasteiger partial charge in [0.1, 0.15) is 0 Å². The lowest BCUT2D eigenvalue weighted by atomic mass is 9.87. The summed E-state index contributed by atoms with van der Waals surface area (Å²) in [5.74, 6) is 6.13. The smallest absolute Gasteiger partial charge is 0.296 e. The number of rotatable bonds is 1. The molecular formula is C20H18N2O2. The summed E-state index contributed by atoms with van der Waals surface area (Å²) in [5, 5.41) is 3.69. The summed E-state index contributed by atoms with van der Waals surface area (Å²) in [7, 11) is 0. The average Bonchev–Trinajstić information content (AvgIpc) is 2.99. The third-order valence-electron chi connectivity index (χ3n) is 3.68. The number of benzene rings is 2. The number of H-pyrrole nitrogens is 1. The van der Waals surface area contributed by atoms with E-state index in [9.17, 15) is 4.79 Å². The Kier molecular flexibility index (Phi) is 4.09. The monoisotopic (exact) mass is 318 g/mol. The van der Waals surface area contributed by atoms with E-state index in [-0.39, 0.29) is 5.41 Å². The Bertz CT molecular complexity index is 961. The van der Waals surface area contributed by atoms with E-state index in [1.807, 2.05) is 36.4 Å². The molecule has 1 aromatic heterocycles. The Labute approximate surface area is 140 Å². The van der Waals surface area contributed by atoms with Crippen molar-refractivity contribution in [2.24, 2.45) is 0 Å². The van der Waals surface area contributed by atoms with Crippen LogP contribution in [0, 0.1) is 11.8 Å². The standard InChI is InChI=1S/C20H18N2O2/c1-20(2,3)17-11-9-14(10-12-17)7-8-15-5-4-6-16(13-15)18-21-19(23)24-22-18/h4-6,9-13H,1-3H3,(H,21,22,23). The first-order valence-electron chi connectivity index (χ1n) is 7.71. The number of hydrogen-bond donors (Lipinski definition) is 1. The molecule has 0 aliphatic carbocycles. The van der Waals surface area contributed by atoms with Gasteiger partial charge in [-0.05, 0) is 35.2 Å². The minimum Gasteiger partial charge on any atom is -0.296 e. The van der Waals surface area contributed by atoms with E-state index in [4.69, 9.17) is 0 Å². The van der Waals surface area contributed by atoms with E-state index in [0.717, 1.165) is 16.7 Å². The fourth-order valence-corrected chi connectivity index (χ4v) is 2.30. The van der Waals surface area contributed by atoms with Gasteiger partial charge in [-0.2, -0.15) is 0 Å². The molecule has 3 rings (SSSR count). The molecule has 1 heterocycles. The summed E-state index contributed by atoms with van der Waals surface area (Å²) < 4.78 is 4.53. The Balaban J connectivity index is 1.85. The van der Waals surface area contributed by atoms with Crippen LogP contribution in [0.1, 0.15) is 37.5 Å². The molecule has 4 heteroatoms. The van der Waals surface area contributed by atoms with Gasteiger partial charge < -0.3 is 0 Å². The highest BCUT2D eigenvalue weighted by Gasteiger charge is 2.12. The Morgan fingerprint density at radius 1 is 1.00 bits per heavy atom. The highest BCUT2D eigenvalue weighted by atomic mass is 16.5. The van der Waals surface area contributed by atoms with Crippen molar-refractivity contribution in [1.29, 1.82) is 0 Å². The van der Waals surface area contributed by atoms with Gasteiger partial charge in [-0.25, -0.2) is 4.79 Å². The zero-order chi connectivity index (χ0) is 17.2. The van der Waals surface area contributed by atoms with Gasteiger partial charge in [-0.3, -0.25) is 9.51 Å². The van der Waals surface area contributed by atoms with Crippen LogP contribution in [0.25, 0.3) is 11.4 Å². The van der Waals surface area contributed by atoms with Crippen LogP contribution in [0.2, 0.25) is 0 Å². The van der Waals surface area contributed by atoms with Crippen molar-refractivity contribution in [1.82, 2.24) is 10.1 Å². The Morgan fingerprint density at radius 3 is 2.33 bits per heavy atom. The molecule has 0 fully saturated rings. The average molecular weight is 318 g/mol. The van der Waals surface area contributed by atoms with Gasteiger partial charge in [0.2, 0.25) is 0 Å². The molecule has 3 aromatic rings.